The molecule has 1 aromatic heterocycles. The summed E-state index contributed by atoms with van der Waals surface area (Å²) in [5, 5.41) is 4.56. The van der Waals surface area contributed by atoms with E-state index >= 15 is 0 Å². The molecule has 224 valence electrons. The van der Waals surface area contributed by atoms with Crippen LogP contribution in [0, 0.1) is 5.92 Å². The number of carbonyl (C=O) groups is 2. The highest BCUT2D eigenvalue weighted by Gasteiger charge is 2.41. The predicted octanol–water partition coefficient (Wildman–Crippen LogP) is 4.09. The summed E-state index contributed by atoms with van der Waals surface area (Å²) in [6.45, 7) is 12.1. The third-order valence-electron chi connectivity index (χ3n) is 8.11. The van der Waals surface area contributed by atoms with Crippen molar-refractivity contribution >= 4 is 11.9 Å². The molecule has 0 atom stereocenters. The zero-order valence-electron chi connectivity index (χ0n) is 25.0. The van der Waals surface area contributed by atoms with Crippen molar-refractivity contribution < 1.29 is 23.8 Å². The second-order valence-electron chi connectivity index (χ2n) is 12.9. The Labute approximate surface area is 244 Å². The van der Waals surface area contributed by atoms with Crippen LogP contribution >= 0.6 is 0 Å². The van der Waals surface area contributed by atoms with Gasteiger partial charge < -0.3 is 19.1 Å². The van der Waals surface area contributed by atoms with E-state index in [1.165, 1.54) is 24.0 Å². The molecule has 1 amide bonds. The summed E-state index contributed by atoms with van der Waals surface area (Å²) in [6, 6.07) is 10.5. The molecule has 0 radical (unpaired) electrons. The minimum Gasteiger partial charge on any atom is -0.460 e. The van der Waals surface area contributed by atoms with Crippen molar-refractivity contribution in [2.45, 2.75) is 83.6 Å². The quantitative estimate of drug-likeness (QED) is 0.299. The molecule has 1 spiro atoms. The van der Waals surface area contributed by atoms with E-state index in [4.69, 9.17) is 14.2 Å². The summed E-state index contributed by atoms with van der Waals surface area (Å²) in [7, 11) is 0. The number of benzene rings is 1. The maximum atomic E-state index is 13.2. The Morgan fingerprint density at radius 3 is 2.61 bits per heavy atom. The van der Waals surface area contributed by atoms with Gasteiger partial charge in [0.1, 0.15) is 11.3 Å². The standard InChI is InChI=1S/C32H46N4O5/c1-31(2,3)41-29(37)11-19-39-18-10-25-5-4-6-27(21-25)22-34-15-12-32(13-16-34)24-35(17-20-40-32)30(38)28-9-14-36(33-28)23-26-7-8-26/h4-6,9,14,21,26H,7-8,10-13,15-20,22-24H2,1-3H3. The molecule has 3 fully saturated rings. The largest absolute Gasteiger partial charge is 0.460 e. The smallest absolute Gasteiger partial charge is 0.308 e. The number of rotatable bonds is 11. The van der Waals surface area contributed by atoms with Gasteiger partial charge in [-0.2, -0.15) is 5.10 Å². The van der Waals surface area contributed by atoms with Crippen molar-refractivity contribution in [2.24, 2.45) is 5.92 Å². The number of nitrogens with zero attached hydrogens (tertiary/aromatic N) is 4. The van der Waals surface area contributed by atoms with Crippen LogP contribution in [0.4, 0.5) is 0 Å². The molecule has 2 aromatic rings. The molecule has 9 heteroatoms. The predicted molar refractivity (Wildman–Crippen MR) is 155 cm³/mol. The van der Waals surface area contributed by atoms with Gasteiger partial charge in [-0.25, -0.2) is 0 Å². The molecule has 3 heterocycles. The average molecular weight is 567 g/mol. The number of amides is 1. The first-order valence-corrected chi connectivity index (χ1v) is 15.2. The Morgan fingerprint density at radius 2 is 1.85 bits per heavy atom. The molecule has 2 saturated heterocycles. The van der Waals surface area contributed by atoms with Crippen LogP contribution in [0.2, 0.25) is 0 Å². The Bertz CT molecular complexity index is 1180. The molecule has 3 aliphatic rings. The highest BCUT2D eigenvalue weighted by molar-refractivity contribution is 5.92. The fraction of sp³-hybridized carbons (Fsp3) is 0.656. The van der Waals surface area contributed by atoms with E-state index in [9.17, 15) is 9.59 Å². The summed E-state index contributed by atoms with van der Waals surface area (Å²) in [6.07, 6.45) is 7.39. The average Bonchev–Trinajstić information content (AvgIpc) is 3.63. The molecule has 41 heavy (non-hydrogen) atoms. The molecule has 5 rings (SSSR count). The SMILES string of the molecule is CC(C)(C)OC(=O)CCOCCc1cccc(CN2CCC3(CC2)CN(C(=O)c2ccn(CC4CC4)n2)CCO3)c1. The van der Waals surface area contributed by atoms with Crippen LogP contribution in [-0.4, -0.2) is 88.7 Å². The molecule has 9 nitrogen and oxygen atoms in total. The van der Waals surface area contributed by atoms with Crippen LogP contribution in [0.25, 0.3) is 0 Å². The molecule has 0 unspecified atom stereocenters. The van der Waals surface area contributed by atoms with E-state index in [0.717, 1.165) is 51.4 Å². The van der Waals surface area contributed by atoms with Crippen LogP contribution < -0.4 is 0 Å². The maximum Gasteiger partial charge on any atom is 0.308 e. The normalized spacial score (nSPS) is 19.4. The summed E-state index contributed by atoms with van der Waals surface area (Å²) in [4.78, 5) is 29.5. The zero-order chi connectivity index (χ0) is 28.9. The number of esters is 1. The third kappa shape index (κ3) is 8.87. The number of piperidine rings is 1. The van der Waals surface area contributed by atoms with Gasteiger partial charge in [-0.3, -0.25) is 19.2 Å². The van der Waals surface area contributed by atoms with Crippen LogP contribution in [0.15, 0.2) is 36.5 Å². The topological polar surface area (TPSA) is 86.1 Å². The van der Waals surface area contributed by atoms with E-state index in [2.05, 4.69) is 34.3 Å². The van der Waals surface area contributed by atoms with E-state index in [-0.39, 0.29) is 23.9 Å². The summed E-state index contributed by atoms with van der Waals surface area (Å²) >= 11 is 0. The zero-order valence-corrected chi connectivity index (χ0v) is 25.0. The molecule has 1 saturated carbocycles. The molecule has 1 aromatic carbocycles. The van der Waals surface area contributed by atoms with Crippen molar-refractivity contribution in [1.82, 2.24) is 19.6 Å². The van der Waals surface area contributed by atoms with Gasteiger partial charge >= 0.3 is 5.97 Å². The summed E-state index contributed by atoms with van der Waals surface area (Å²) in [5.41, 5.74) is 2.34. The molecule has 0 N–H and O–H groups in total. The molecule has 0 bridgehead atoms. The second kappa shape index (κ2) is 13.0. The number of likely N-dealkylation sites (tertiary alicyclic amines) is 1. The Morgan fingerprint density at radius 1 is 1.07 bits per heavy atom. The number of hydrogen-bond acceptors (Lipinski definition) is 7. The molecular formula is C32H46N4O5. The minimum atomic E-state index is -0.463. The van der Waals surface area contributed by atoms with Gasteiger partial charge in [0.2, 0.25) is 0 Å². The van der Waals surface area contributed by atoms with Gasteiger partial charge in [0.25, 0.3) is 5.91 Å². The number of hydrogen-bond donors (Lipinski definition) is 0. The Hall–Kier alpha value is -2.75. The number of ether oxygens (including phenoxy) is 3. The van der Waals surface area contributed by atoms with E-state index < -0.39 is 5.60 Å². The van der Waals surface area contributed by atoms with Gasteiger partial charge in [0.05, 0.1) is 38.4 Å². The first-order chi connectivity index (χ1) is 19.7. The van der Waals surface area contributed by atoms with Gasteiger partial charge in [-0.1, -0.05) is 24.3 Å². The highest BCUT2D eigenvalue weighted by atomic mass is 16.6. The fourth-order valence-corrected chi connectivity index (χ4v) is 5.73. The van der Waals surface area contributed by atoms with E-state index in [1.54, 1.807) is 0 Å². The van der Waals surface area contributed by atoms with Crippen LogP contribution in [0.5, 0.6) is 0 Å². The van der Waals surface area contributed by atoms with Crippen LogP contribution in [0.1, 0.15) is 74.5 Å². The van der Waals surface area contributed by atoms with Crippen LogP contribution in [0.3, 0.4) is 0 Å². The lowest BCUT2D eigenvalue weighted by atomic mass is 9.89. The fourth-order valence-electron chi connectivity index (χ4n) is 5.73. The summed E-state index contributed by atoms with van der Waals surface area (Å²) in [5.74, 6) is 0.528. The minimum absolute atomic E-state index is 0.0234. The lowest BCUT2D eigenvalue weighted by Gasteiger charge is -2.47. The number of carbonyl (C=O) groups excluding carboxylic acids is 2. The maximum absolute atomic E-state index is 13.2. The van der Waals surface area contributed by atoms with Crippen molar-refractivity contribution in [3.05, 3.63) is 53.3 Å². The van der Waals surface area contributed by atoms with Crippen molar-refractivity contribution in [3.8, 4) is 0 Å². The van der Waals surface area contributed by atoms with Gasteiger partial charge in [0, 0.05) is 38.9 Å². The Balaban J connectivity index is 1.04. The van der Waals surface area contributed by atoms with Crippen molar-refractivity contribution in [3.63, 3.8) is 0 Å². The molecular weight excluding hydrogens is 520 g/mol. The monoisotopic (exact) mass is 566 g/mol. The first-order valence-electron chi connectivity index (χ1n) is 15.2. The van der Waals surface area contributed by atoms with Gasteiger partial charge in [-0.05, 0) is 76.0 Å². The highest BCUT2D eigenvalue weighted by Crippen LogP contribution is 2.32. The molecule has 2 aliphatic heterocycles. The Kier molecular flexibility index (Phi) is 9.46. The first kappa shape index (κ1) is 29.7. The lowest BCUT2D eigenvalue weighted by molar-refractivity contribution is -0.156. The van der Waals surface area contributed by atoms with Crippen molar-refractivity contribution in [2.75, 3.05) is 46.0 Å². The van der Waals surface area contributed by atoms with E-state index in [1.807, 2.05) is 42.6 Å². The molecule has 1 aliphatic carbocycles. The van der Waals surface area contributed by atoms with Gasteiger partial charge in [0.15, 0.2) is 0 Å². The number of morpholine rings is 1. The number of aromatic nitrogens is 2. The third-order valence-corrected chi connectivity index (χ3v) is 8.11. The lowest BCUT2D eigenvalue weighted by Crippen LogP contribution is -2.58. The van der Waals surface area contributed by atoms with Crippen LogP contribution in [-0.2, 0) is 38.5 Å². The van der Waals surface area contributed by atoms with Gasteiger partial charge in [-0.15, -0.1) is 0 Å². The summed E-state index contributed by atoms with van der Waals surface area (Å²) < 4.78 is 19.3. The van der Waals surface area contributed by atoms with Crippen molar-refractivity contribution in [1.29, 1.82) is 0 Å². The van der Waals surface area contributed by atoms with E-state index in [0.29, 0.717) is 38.6 Å². The second-order valence-corrected chi connectivity index (χ2v) is 12.9.